The van der Waals surface area contributed by atoms with Crippen LogP contribution in [0.15, 0.2) is 30.9 Å². The van der Waals surface area contributed by atoms with Crippen LogP contribution in [0.2, 0.25) is 0 Å². The molecule has 6 nitrogen and oxygen atoms in total. The van der Waals surface area contributed by atoms with Crippen molar-refractivity contribution in [3.05, 3.63) is 42.0 Å². The molecule has 0 aromatic carbocycles. The van der Waals surface area contributed by atoms with Gasteiger partial charge in [0, 0.05) is 25.0 Å². The lowest BCUT2D eigenvalue weighted by Gasteiger charge is -2.15. The van der Waals surface area contributed by atoms with Gasteiger partial charge in [-0.1, -0.05) is 0 Å². The normalized spacial score (nSPS) is 12.2. The highest BCUT2D eigenvalue weighted by atomic mass is 16.2. The maximum absolute atomic E-state index is 12.3. The molecule has 0 saturated carbocycles. The predicted molar refractivity (Wildman–Crippen MR) is 72.6 cm³/mol. The van der Waals surface area contributed by atoms with E-state index in [1.165, 1.54) is 0 Å². The third-order valence-corrected chi connectivity index (χ3v) is 2.91. The van der Waals surface area contributed by atoms with Crippen LogP contribution >= 0.6 is 0 Å². The number of aryl methyl sites for hydroxylation is 2. The van der Waals surface area contributed by atoms with Gasteiger partial charge in [0.2, 0.25) is 5.91 Å². The van der Waals surface area contributed by atoms with E-state index >= 15 is 0 Å². The maximum atomic E-state index is 12.3. The van der Waals surface area contributed by atoms with Gasteiger partial charge in [0.15, 0.2) is 0 Å². The Hall–Kier alpha value is -2.21. The van der Waals surface area contributed by atoms with Crippen LogP contribution in [0.3, 0.4) is 0 Å². The smallest absolute Gasteiger partial charge is 0.246 e. The lowest BCUT2D eigenvalue weighted by Crippen LogP contribution is -2.30. The number of carbonyl (C=O) groups excluding carboxylic acids is 1. The Kier molecular flexibility index (Phi) is 3.91. The van der Waals surface area contributed by atoms with Crippen molar-refractivity contribution in [2.75, 3.05) is 12.4 Å². The summed E-state index contributed by atoms with van der Waals surface area (Å²) in [6, 6.07) is 1.42. The first kappa shape index (κ1) is 13.2. The molecule has 0 aliphatic carbocycles. The zero-order valence-electron chi connectivity index (χ0n) is 11.2. The topological polar surface area (TPSA) is 71.8 Å². The Balaban J connectivity index is 2.16. The van der Waals surface area contributed by atoms with E-state index in [1.54, 1.807) is 30.3 Å². The molecule has 2 aromatic rings. The minimum atomic E-state index is -0.437. The average molecular weight is 259 g/mol. The fourth-order valence-corrected chi connectivity index (χ4v) is 1.84. The molecule has 0 saturated heterocycles. The van der Waals surface area contributed by atoms with E-state index in [0.717, 1.165) is 16.8 Å². The maximum Gasteiger partial charge on any atom is 0.246 e. The lowest BCUT2D eigenvalue weighted by molar-refractivity contribution is -0.118. The van der Waals surface area contributed by atoms with Crippen molar-refractivity contribution in [1.29, 1.82) is 0 Å². The first-order valence-electron chi connectivity index (χ1n) is 5.99. The van der Waals surface area contributed by atoms with Crippen LogP contribution in [-0.4, -0.2) is 27.7 Å². The molecule has 1 atom stereocenters. The number of rotatable bonds is 4. The second-order valence-corrected chi connectivity index (χ2v) is 4.35. The van der Waals surface area contributed by atoms with Crippen LogP contribution in [0.4, 0.5) is 5.69 Å². The van der Waals surface area contributed by atoms with Crippen molar-refractivity contribution in [3.8, 4) is 0 Å². The Labute approximate surface area is 111 Å². The van der Waals surface area contributed by atoms with Crippen LogP contribution in [0.1, 0.15) is 17.2 Å². The van der Waals surface area contributed by atoms with Gasteiger partial charge >= 0.3 is 0 Å². The number of nitrogens with one attached hydrogen (secondary N) is 2. The number of amides is 1. The van der Waals surface area contributed by atoms with Crippen molar-refractivity contribution in [2.24, 2.45) is 7.05 Å². The molecule has 0 aliphatic heterocycles. The van der Waals surface area contributed by atoms with Crippen molar-refractivity contribution in [3.63, 3.8) is 0 Å². The predicted octanol–water partition coefficient (Wildman–Crippen LogP) is 1.02. The van der Waals surface area contributed by atoms with Crippen molar-refractivity contribution in [1.82, 2.24) is 20.1 Å². The highest BCUT2D eigenvalue weighted by Crippen LogP contribution is 2.16. The molecule has 0 bridgehead atoms. The Morgan fingerprint density at radius 2 is 2.21 bits per heavy atom. The third-order valence-electron chi connectivity index (χ3n) is 2.91. The molecule has 0 fully saturated rings. The summed E-state index contributed by atoms with van der Waals surface area (Å²) in [6.07, 6.45) is 6.83. The van der Waals surface area contributed by atoms with Crippen LogP contribution in [-0.2, 0) is 11.8 Å². The van der Waals surface area contributed by atoms with Gasteiger partial charge in [0.25, 0.3) is 0 Å². The summed E-state index contributed by atoms with van der Waals surface area (Å²) in [5.41, 5.74) is 2.52. The summed E-state index contributed by atoms with van der Waals surface area (Å²) in [6.45, 7) is 1.93. The lowest BCUT2D eigenvalue weighted by atomic mass is 10.1. The highest BCUT2D eigenvalue weighted by Gasteiger charge is 2.20. The van der Waals surface area contributed by atoms with E-state index in [1.807, 2.05) is 26.2 Å². The number of likely N-dealkylation sites (N-methyl/N-ethyl adjacent to an activating group) is 1. The zero-order chi connectivity index (χ0) is 13.8. The van der Waals surface area contributed by atoms with E-state index in [-0.39, 0.29) is 5.91 Å². The zero-order valence-corrected chi connectivity index (χ0v) is 11.2. The van der Waals surface area contributed by atoms with Gasteiger partial charge in [0.1, 0.15) is 6.04 Å². The van der Waals surface area contributed by atoms with E-state index < -0.39 is 6.04 Å². The van der Waals surface area contributed by atoms with Crippen molar-refractivity contribution >= 4 is 11.6 Å². The van der Waals surface area contributed by atoms with Gasteiger partial charge in [0.05, 0.1) is 18.1 Å². The van der Waals surface area contributed by atoms with Gasteiger partial charge in [-0.15, -0.1) is 0 Å². The molecule has 1 amide bonds. The molecule has 1 unspecified atom stereocenters. The molecule has 2 N–H and O–H groups in total. The largest absolute Gasteiger partial charge is 0.323 e. The molecule has 2 heterocycles. The minimum Gasteiger partial charge on any atom is -0.323 e. The first-order chi connectivity index (χ1) is 9.11. The van der Waals surface area contributed by atoms with Crippen LogP contribution < -0.4 is 10.6 Å². The summed E-state index contributed by atoms with van der Waals surface area (Å²) in [4.78, 5) is 16.3. The van der Waals surface area contributed by atoms with Gasteiger partial charge in [-0.05, 0) is 25.6 Å². The quantitative estimate of drug-likeness (QED) is 0.860. The number of carbonyl (C=O) groups is 1. The molecule has 19 heavy (non-hydrogen) atoms. The van der Waals surface area contributed by atoms with E-state index in [4.69, 9.17) is 0 Å². The Bertz CT molecular complexity index is 578. The molecule has 2 aromatic heterocycles. The number of nitrogens with zero attached hydrogens (tertiary/aromatic N) is 3. The second kappa shape index (κ2) is 5.62. The van der Waals surface area contributed by atoms with E-state index in [9.17, 15) is 4.79 Å². The van der Waals surface area contributed by atoms with Crippen molar-refractivity contribution in [2.45, 2.75) is 13.0 Å². The van der Waals surface area contributed by atoms with E-state index in [2.05, 4.69) is 20.7 Å². The highest BCUT2D eigenvalue weighted by molar-refractivity contribution is 5.95. The molecular weight excluding hydrogens is 242 g/mol. The average Bonchev–Trinajstić information content (AvgIpc) is 2.80. The summed E-state index contributed by atoms with van der Waals surface area (Å²) in [5, 5.41) is 9.93. The second-order valence-electron chi connectivity index (χ2n) is 4.35. The Morgan fingerprint density at radius 3 is 2.79 bits per heavy atom. The van der Waals surface area contributed by atoms with Gasteiger partial charge in [-0.3, -0.25) is 14.5 Å². The molecule has 0 spiro atoms. The number of anilines is 1. The summed E-state index contributed by atoms with van der Waals surface area (Å²) < 4.78 is 1.67. The van der Waals surface area contributed by atoms with Gasteiger partial charge in [-0.25, -0.2) is 0 Å². The summed E-state index contributed by atoms with van der Waals surface area (Å²) in [7, 11) is 3.56. The number of hydrogen-bond donors (Lipinski definition) is 2. The number of aromatic nitrogens is 3. The van der Waals surface area contributed by atoms with Gasteiger partial charge in [-0.2, -0.15) is 5.10 Å². The number of hydrogen-bond acceptors (Lipinski definition) is 4. The molecule has 100 valence electrons. The monoisotopic (exact) mass is 259 g/mol. The van der Waals surface area contributed by atoms with Crippen LogP contribution in [0.25, 0.3) is 0 Å². The molecule has 2 rings (SSSR count). The van der Waals surface area contributed by atoms with Crippen LogP contribution in [0, 0.1) is 6.92 Å². The van der Waals surface area contributed by atoms with E-state index in [0.29, 0.717) is 0 Å². The molecular formula is C13H17N5O. The standard InChI is InChI=1S/C13H17N5O/c1-9-4-5-15-7-11(9)17-13(19)12(14-2)10-6-16-18(3)8-10/h4-8,12,14H,1-3H3,(H,17,19). The summed E-state index contributed by atoms with van der Waals surface area (Å²) >= 11 is 0. The van der Waals surface area contributed by atoms with Crippen LogP contribution in [0.5, 0.6) is 0 Å². The first-order valence-corrected chi connectivity index (χ1v) is 5.99. The minimum absolute atomic E-state index is 0.133. The van der Waals surface area contributed by atoms with Gasteiger partial charge < -0.3 is 10.6 Å². The summed E-state index contributed by atoms with van der Waals surface area (Å²) in [5.74, 6) is -0.133. The Morgan fingerprint density at radius 1 is 1.42 bits per heavy atom. The number of pyridine rings is 1. The fraction of sp³-hybridized carbons (Fsp3) is 0.308. The SMILES string of the molecule is CNC(C(=O)Nc1cnccc1C)c1cnn(C)c1. The molecule has 0 aliphatic rings. The molecule has 0 radical (unpaired) electrons. The van der Waals surface area contributed by atoms with Crippen molar-refractivity contribution < 1.29 is 4.79 Å². The fourth-order valence-electron chi connectivity index (χ4n) is 1.84. The molecule has 6 heteroatoms. The third kappa shape index (κ3) is 2.97.